The van der Waals surface area contributed by atoms with Gasteiger partial charge in [0.05, 0.1) is 26.4 Å². The molecule has 0 spiro atoms. The van der Waals surface area contributed by atoms with Crippen LogP contribution in [0.25, 0.3) is 0 Å². The molecule has 0 fully saturated rings. The lowest BCUT2D eigenvalue weighted by atomic mass is 10.0. The average Bonchev–Trinajstić information content (AvgIpc) is 0.892. The maximum absolute atomic E-state index is 13.1. The number of aliphatic hydroxyl groups excluding tert-OH is 2. The summed E-state index contributed by atoms with van der Waals surface area (Å²) in [6.45, 7) is 2.36. The van der Waals surface area contributed by atoms with Crippen molar-refractivity contribution in [1.29, 1.82) is 0 Å². The van der Waals surface area contributed by atoms with Crippen molar-refractivity contribution in [3.05, 3.63) is 207 Å². The van der Waals surface area contributed by atoms with Gasteiger partial charge in [-0.25, -0.2) is 9.13 Å². The average molecular weight is 1750 g/mol. The molecule has 0 aliphatic rings. The summed E-state index contributed by atoms with van der Waals surface area (Å²) in [4.78, 5) is 59.1. The molecule has 0 saturated heterocycles. The van der Waals surface area contributed by atoms with E-state index >= 15 is 0 Å². The first-order chi connectivity index (χ1) is 60.2. The molecule has 0 aromatic carbocycles. The van der Waals surface area contributed by atoms with Gasteiger partial charge in [-0.1, -0.05) is 401 Å². The van der Waals surface area contributed by atoms with E-state index in [4.69, 9.17) is 32.3 Å². The third-order valence-corrected chi connectivity index (χ3v) is 21.9. The van der Waals surface area contributed by atoms with E-state index in [1.54, 1.807) is 0 Å². The van der Waals surface area contributed by atoms with Gasteiger partial charge in [0.25, 0.3) is 0 Å². The lowest BCUT2D eigenvalue weighted by Crippen LogP contribution is -2.30. The molecule has 123 heavy (non-hydrogen) atoms. The van der Waals surface area contributed by atoms with Crippen LogP contribution in [0.5, 0.6) is 0 Å². The third-order valence-electron chi connectivity index (χ3n) is 20.0. The molecule has 0 bridgehead atoms. The summed E-state index contributed by atoms with van der Waals surface area (Å²) in [5.41, 5.74) is 0. The zero-order chi connectivity index (χ0) is 89.3. The van der Waals surface area contributed by atoms with Crippen LogP contribution in [-0.2, 0) is 55.8 Å². The van der Waals surface area contributed by atoms with Gasteiger partial charge in [0, 0.05) is 19.3 Å². The standard InChI is InChI=1S/C105H174O16P2/c1-4-7-10-13-16-19-22-25-28-31-34-37-40-43-45-47-48-49-50-52-54-56-58-61-64-67-70-73-76-79-82-85-88-91-103(108)115-94-100(106)95-117-122(111,112)118-96-101(107)97-119-123(113,114)120-99-102(121-105(110)93-90-87-84-81-78-75-72-69-66-63-60-55-42-39-36-33-30-27-24-21-18-15-12-9-6-3)98-116-104(109)92-89-86-83-80-77-74-71-68-65-62-59-57-53-51-46-44-41-38-35-32-29-26-23-20-17-14-11-8-5-2/h7-12,16-21,25-30,34-39,43-46,48-49,55,60,66,69,100-102,106-107H,4-6,13-15,22-24,31-33,40-42,47,50-54,56-59,61-65,67-68,70-99H2,1-3H3,(H,111,112)(H,113,114)/b10-7-,11-8-,12-9-,19-16-,20-17-,21-18-,28-25-,29-26-,30-27-,37-34-,38-35-,39-36-,45-43-,46-44-,49-48-,60-55-,69-66-. The van der Waals surface area contributed by atoms with Crippen LogP contribution in [0.1, 0.15) is 380 Å². The molecular formula is C105H174O16P2. The Morgan fingerprint density at radius 3 is 0.642 bits per heavy atom. The molecule has 16 nitrogen and oxygen atoms in total. The number of esters is 3. The highest BCUT2D eigenvalue weighted by Crippen LogP contribution is 2.45. The van der Waals surface area contributed by atoms with Crippen LogP contribution in [0.3, 0.4) is 0 Å². The molecule has 0 aromatic heterocycles. The van der Waals surface area contributed by atoms with Crippen LogP contribution in [0.15, 0.2) is 207 Å². The van der Waals surface area contributed by atoms with E-state index < -0.39 is 91.5 Å². The van der Waals surface area contributed by atoms with Gasteiger partial charge in [0.15, 0.2) is 6.10 Å². The van der Waals surface area contributed by atoms with Gasteiger partial charge in [0.1, 0.15) is 25.4 Å². The SMILES string of the molecule is CC/C=C\C/C=C\C/C=C\C/C=C\C/C=C\C/C=C\CCCCCCCCCCCCCCCCC(=O)OCC(O)COP(=O)(O)OCC(O)COP(=O)(O)OCC(COC(=O)CCCCCCCCCCCCCCC/C=C\C/C=C\C/C=C\C/C=C\C/C=C\CC)OC(=O)CCCCCCCC/C=C\C/C=C\C/C=C\C/C=C\C/C=C\C/C=C\CC. The first kappa shape index (κ1) is 117. The molecule has 18 heteroatoms. The van der Waals surface area contributed by atoms with E-state index in [-0.39, 0.29) is 19.3 Å². The number of carbonyl (C=O) groups is 3. The van der Waals surface area contributed by atoms with Crippen molar-refractivity contribution in [3.63, 3.8) is 0 Å². The highest BCUT2D eigenvalue weighted by atomic mass is 31.2. The van der Waals surface area contributed by atoms with Crippen LogP contribution in [0, 0.1) is 0 Å². The Bertz CT molecular complexity index is 3070. The van der Waals surface area contributed by atoms with Gasteiger partial charge >= 0.3 is 33.6 Å². The summed E-state index contributed by atoms with van der Waals surface area (Å²) in [6, 6.07) is 0. The van der Waals surface area contributed by atoms with Crippen molar-refractivity contribution < 1.29 is 75.8 Å². The number of rotatable bonds is 90. The number of allylic oxidation sites excluding steroid dienone is 34. The minimum Gasteiger partial charge on any atom is -0.463 e. The number of carbonyl (C=O) groups excluding carboxylic acids is 3. The summed E-state index contributed by atoms with van der Waals surface area (Å²) in [7, 11) is -9.83. The molecule has 0 amide bonds. The van der Waals surface area contributed by atoms with Crippen molar-refractivity contribution >= 4 is 33.6 Å². The zero-order valence-electron chi connectivity index (χ0n) is 77.3. The Morgan fingerprint density at radius 1 is 0.228 bits per heavy atom. The van der Waals surface area contributed by atoms with Crippen molar-refractivity contribution in [1.82, 2.24) is 0 Å². The molecule has 0 aliphatic carbocycles. The molecule has 5 atom stereocenters. The topological polar surface area (TPSA) is 231 Å². The van der Waals surface area contributed by atoms with E-state index in [1.165, 1.54) is 116 Å². The van der Waals surface area contributed by atoms with E-state index in [9.17, 15) is 43.5 Å². The minimum atomic E-state index is -4.95. The van der Waals surface area contributed by atoms with E-state index in [2.05, 4.69) is 227 Å². The van der Waals surface area contributed by atoms with E-state index in [0.717, 1.165) is 205 Å². The highest BCUT2D eigenvalue weighted by Gasteiger charge is 2.30. The van der Waals surface area contributed by atoms with Gasteiger partial charge in [-0.15, -0.1) is 0 Å². The smallest absolute Gasteiger partial charge is 0.463 e. The normalized spacial score (nSPS) is 14.6. The van der Waals surface area contributed by atoms with Gasteiger partial charge in [-0.3, -0.25) is 32.5 Å². The summed E-state index contributed by atoms with van der Waals surface area (Å²) >= 11 is 0. The van der Waals surface area contributed by atoms with Gasteiger partial charge in [-0.05, 0) is 167 Å². The van der Waals surface area contributed by atoms with Crippen molar-refractivity contribution in [2.45, 2.75) is 399 Å². The summed E-state index contributed by atoms with van der Waals surface area (Å²) in [5, 5.41) is 20.8. The first-order valence-corrected chi connectivity index (χ1v) is 51.4. The minimum absolute atomic E-state index is 0.0807. The van der Waals surface area contributed by atoms with E-state index in [1.807, 2.05) is 0 Å². The fourth-order valence-corrected chi connectivity index (χ4v) is 14.4. The van der Waals surface area contributed by atoms with Crippen molar-refractivity contribution in [2.75, 3.05) is 39.6 Å². The second kappa shape index (κ2) is 95.2. The Morgan fingerprint density at radius 2 is 0.407 bits per heavy atom. The maximum atomic E-state index is 13.1. The molecule has 0 rings (SSSR count). The highest BCUT2D eigenvalue weighted by molar-refractivity contribution is 7.47. The lowest BCUT2D eigenvalue weighted by Gasteiger charge is -2.21. The predicted octanol–water partition coefficient (Wildman–Crippen LogP) is 30.3. The van der Waals surface area contributed by atoms with Crippen LogP contribution in [0.2, 0.25) is 0 Å². The van der Waals surface area contributed by atoms with Gasteiger partial charge in [0.2, 0.25) is 0 Å². The third kappa shape index (κ3) is 96.6. The molecule has 0 heterocycles. The monoisotopic (exact) mass is 1750 g/mol. The molecule has 5 unspecified atom stereocenters. The summed E-state index contributed by atoms with van der Waals surface area (Å²) < 4.78 is 61.6. The number of ether oxygens (including phenoxy) is 3. The number of phosphoric ester groups is 2. The molecule has 700 valence electrons. The molecule has 0 saturated carbocycles. The van der Waals surface area contributed by atoms with Crippen LogP contribution < -0.4 is 0 Å². The number of hydrogen-bond acceptors (Lipinski definition) is 14. The largest absolute Gasteiger partial charge is 0.472 e. The summed E-state index contributed by atoms with van der Waals surface area (Å²) in [6.07, 6.45) is 129. The van der Waals surface area contributed by atoms with Crippen LogP contribution in [0.4, 0.5) is 0 Å². The fourth-order valence-electron chi connectivity index (χ4n) is 12.8. The second-order valence-corrected chi connectivity index (χ2v) is 34.6. The van der Waals surface area contributed by atoms with Gasteiger partial charge < -0.3 is 34.2 Å². The zero-order valence-corrected chi connectivity index (χ0v) is 79.1. The van der Waals surface area contributed by atoms with Crippen LogP contribution in [-0.4, -0.2) is 95.9 Å². The maximum Gasteiger partial charge on any atom is 0.472 e. The quantitative estimate of drug-likeness (QED) is 0.0146. The van der Waals surface area contributed by atoms with Crippen LogP contribution >= 0.6 is 15.6 Å². The Labute approximate surface area is 750 Å². The molecule has 0 radical (unpaired) electrons. The summed E-state index contributed by atoms with van der Waals surface area (Å²) in [5.74, 6) is -1.59. The number of phosphoric acid groups is 2. The Hall–Kier alpha value is -5.87. The number of unbranched alkanes of at least 4 members (excludes halogenated alkanes) is 33. The predicted molar refractivity (Wildman–Crippen MR) is 518 cm³/mol. The molecule has 0 aliphatic heterocycles. The van der Waals surface area contributed by atoms with E-state index in [0.29, 0.717) is 19.3 Å². The Balaban J connectivity index is 4.64. The van der Waals surface area contributed by atoms with Crippen molar-refractivity contribution in [3.8, 4) is 0 Å². The number of hydrogen-bond donors (Lipinski definition) is 4. The Kier molecular flexibility index (Phi) is 90.7. The first-order valence-electron chi connectivity index (χ1n) is 48.4. The second-order valence-electron chi connectivity index (χ2n) is 31.7. The van der Waals surface area contributed by atoms with Gasteiger partial charge in [-0.2, -0.15) is 0 Å². The molecular weight excluding hydrogens is 1580 g/mol. The molecule has 0 aromatic rings. The lowest BCUT2D eigenvalue weighted by molar-refractivity contribution is -0.161. The van der Waals surface area contributed by atoms with Crippen molar-refractivity contribution in [2.24, 2.45) is 0 Å². The number of aliphatic hydroxyl groups is 2. The molecule has 4 N–H and O–H groups in total. The fraction of sp³-hybridized carbons (Fsp3) is 0.648.